The van der Waals surface area contributed by atoms with Gasteiger partial charge in [-0.2, -0.15) is 0 Å². The van der Waals surface area contributed by atoms with Gasteiger partial charge in [-0.25, -0.2) is 0 Å². The fourth-order valence-corrected chi connectivity index (χ4v) is 3.47. The summed E-state index contributed by atoms with van der Waals surface area (Å²) in [4.78, 5) is 0. The van der Waals surface area contributed by atoms with E-state index < -0.39 is 0 Å². The number of nitrogens with one attached hydrogen (secondary N) is 1. The quantitative estimate of drug-likeness (QED) is 0.743. The fraction of sp³-hybridized carbons (Fsp3) is 1.00. The summed E-state index contributed by atoms with van der Waals surface area (Å²) in [6.07, 6.45) is 12.6. The SMILES string of the molecule is CCCC1CCC(CNC(C)C)(OC2CCC2)CC1. The first-order chi connectivity index (χ1) is 9.13. The zero-order valence-electron chi connectivity index (χ0n) is 13.2. The highest BCUT2D eigenvalue weighted by molar-refractivity contribution is 4.91. The Morgan fingerprint density at radius 3 is 2.32 bits per heavy atom. The molecule has 2 saturated carbocycles. The van der Waals surface area contributed by atoms with Crippen LogP contribution >= 0.6 is 0 Å². The second-order valence-corrected chi connectivity index (χ2v) is 7.12. The van der Waals surface area contributed by atoms with E-state index in [0.29, 0.717) is 12.1 Å². The lowest BCUT2D eigenvalue weighted by atomic mass is 9.76. The number of hydrogen-bond donors (Lipinski definition) is 1. The summed E-state index contributed by atoms with van der Waals surface area (Å²) in [6, 6.07) is 0.565. The van der Waals surface area contributed by atoms with Crippen molar-refractivity contribution >= 4 is 0 Å². The maximum absolute atomic E-state index is 6.53. The molecule has 2 heteroatoms. The Hall–Kier alpha value is -0.0800. The molecule has 0 spiro atoms. The Morgan fingerprint density at radius 1 is 1.16 bits per heavy atom. The van der Waals surface area contributed by atoms with Crippen LogP contribution in [-0.2, 0) is 4.74 Å². The molecule has 0 heterocycles. The average molecular weight is 267 g/mol. The summed E-state index contributed by atoms with van der Waals surface area (Å²) in [5, 5.41) is 3.63. The summed E-state index contributed by atoms with van der Waals surface area (Å²) in [5.74, 6) is 0.960. The molecule has 0 atom stereocenters. The lowest BCUT2D eigenvalue weighted by Gasteiger charge is -2.45. The Kier molecular flexibility index (Phi) is 5.70. The van der Waals surface area contributed by atoms with Crippen molar-refractivity contribution in [1.82, 2.24) is 5.32 Å². The largest absolute Gasteiger partial charge is 0.370 e. The second-order valence-electron chi connectivity index (χ2n) is 7.12. The molecule has 2 fully saturated rings. The van der Waals surface area contributed by atoms with Gasteiger partial charge in [0.1, 0.15) is 0 Å². The first-order valence-corrected chi connectivity index (χ1v) is 8.55. The predicted molar refractivity (Wildman–Crippen MR) is 81.5 cm³/mol. The van der Waals surface area contributed by atoms with Crippen molar-refractivity contribution in [3.8, 4) is 0 Å². The van der Waals surface area contributed by atoms with Crippen LogP contribution in [0.4, 0.5) is 0 Å². The summed E-state index contributed by atoms with van der Waals surface area (Å²) in [6.45, 7) is 7.84. The second kappa shape index (κ2) is 7.08. The molecule has 2 rings (SSSR count). The monoisotopic (exact) mass is 267 g/mol. The first kappa shape index (κ1) is 15.3. The molecule has 0 amide bonds. The minimum Gasteiger partial charge on any atom is -0.370 e. The van der Waals surface area contributed by atoms with E-state index in [0.717, 1.165) is 12.5 Å². The third-order valence-corrected chi connectivity index (χ3v) is 5.01. The zero-order chi connectivity index (χ0) is 13.7. The van der Waals surface area contributed by atoms with E-state index in [1.54, 1.807) is 0 Å². The summed E-state index contributed by atoms with van der Waals surface area (Å²) >= 11 is 0. The van der Waals surface area contributed by atoms with Gasteiger partial charge in [-0.3, -0.25) is 0 Å². The molecule has 0 aromatic carbocycles. The first-order valence-electron chi connectivity index (χ1n) is 8.55. The van der Waals surface area contributed by atoms with E-state index in [1.807, 2.05) is 0 Å². The highest BCUT2D eigenvalue weighted by Crippen LogP contribution is 2.39. The molecule has 0 bridgehead atoms. The van der Waals surface area contributed by atoms with E-state index in [9.17, 15) is 0 Å². The zero-order valence-corrected chi connectivity index (χ0v) is 13.2. The molecule has 112 valence electrons. The highest BCUT2D eigenvalue weighted by atomic mass is 16.5. The molecule has 2 nitrogen and oxygen atoms in total. The Morgan fingerprint density at radius 2 is 1.84 bits per heavy atom. The van der Waals surface area contributed by atoms with Crippen molar-refractivity contribution in [2.24, 2.45) is 5.92 Å². The molecular formula is C17H33NO. The van der Waals surface area contributed by atoms with Crippen LogP contribution in [0.25, 0.3) is 0 Å². The van der Waals surface area contributed by atoms with E-state index >= 15 is 0 Å². The maximum atomic E-state index is 6.53. The molecule has 0 aromatic rings. The molecule has 19 heavy (non-hydrogen) atoms. The number of rotatable bonds is 7. The van der Waals surface area contributed by atoms with Crippen molar-refractivity contribution in [3.63, 3.8) is 0 Å². The van der Waals surface area contributed by atoms with Gasteiger partial charge in [-0.1, -0.05) is 33.6 Å². The summed E-state index contributed by atoms with van der Waals surface area (Å²) < 4.78 is 6.53. The lowest BCUT2D eigenvalue weighted by Crippen LogP contribution is -2.50. The minimum absolute atomic E-state index is 0.152. The minimum atomic E-state index is 0.152. The van der Waals surface area contributed by atoms with E-state index in [-0.39, 0.29) is 5.60 Å². The van der Waals surface area contributed by atoms with Gasteiger partial charge in [0.25, 0.3) is 0 Å². The standard InChI is InChI=1S/C17H33NO/c1-4-6-15-9-11-17(12-10-15,13-18-14(2)3)19-16-7-5-8-16/h14-16,18H,4-13H2,1-3H3. The molecule has 0 unspecified atom stereocenters. The van der Waals surface area contributed by atoms with Crippen LogP contribution < -0.4 is 5.32 Å². The normalized spacial score (nSPS) is 32.5. The van der Waals surface area contributed by atoms with Gasteiger partial charge in [-0.05, 0) is 50.9 Å². The topological polar surface area (TPSA) is 21.3 Å². The fourth-order valence-electron chi connectivity index (χ4n) is 3.47. The smallest absolute Gasteiger partial charge is 0.0810 e. The summed E-state index contributed by atoms with van der Waals surface area (Å²) in [5.41, 5.74) is 0.152. The molecule has 0 radical (unpaired) electrons. The van der Waals surface area contributed by atoms with Gasteiger partial charge in [0.2, 0.25) is 0 Å². The van der Waals surface area contributed by atoms with Gasteiger partial charge >= 0.3 is 0 Å². The van der Waals surface area contributed by atoms with Gasteiger partial charge in [0, 0.05) is 12.6 Å². The van der Waals surface area contributed by atoms with Gasteiger partial charge < -0.3 is 10.1 Å². The van der Waals surface area contributed by atoms with Gasteiger partial charge in [0.05, 0.1) is 11.7 Å². The number of ether oxygens (including phenoxy) is 1. The number of hydrogen-bond acceptors (Lipinski definition) is 2. The van der Waals surface area contributed by atoms with Crippen molar-refractivity contribution in [3.05, 3.63) is 0 Å². The highest BCUT2D eigenvalue weighted by Gasteiger charge is 2.39. The molecule has 2 aliphatic carbocycles. The van der Waals surface area contributed by atoms with Crippen LogP contribution in [0.15, 0.2) is 0 Å². The third-order valence-electron chi connectivity index (χ3n) is 5.01. The van der Waals surface area contributed by atoms with Gasteiger partial charge in [-0.15, -0.1) is 0 Å². The Labute approximate surface area is 119 Å². The van der Waals surface area contributed by atoms with Crippen LogP contribution in [0.2, 0.25) is 0 Å². The van der Waals surface area contributed by atoms with Crippen molar-refractivity contribution in [2.75, 3.05) is 6.54 Å². The predicted octanol–water partition coefficient (Wildman–Crippen LogP) is 4.28. The van der Waals surface area contributed by atoms with Crippen LogP contribution in [-0.4, -0.2) is 24.3 Å². The van der Waals surface area contributed by atoms with Crippen LogP contribution in [0, 0.1) is 5.92 Å². The maximum Gasteiger partial charge on any atom is 0.0810 e. The molecule has 0 saturated heterocycles. The van der Waals surface area contributed by atoms with Gasteiger partial charge in [0.15, 0.2) is 0 Å². The van der Waals surface area contributed by atoms with Crippen molar-refractivity contribution in [2.45, 2.75) is 96.3 Å². The third kappa shape index (κ3) is 4.46. The Balaban J connectivity index is 1.87. The van der Waals surface area contributed by atoms with Crippen LogP contribution in [0.3, 0.4) is 0 Å². The van der Waals surface area contributed by atoms with Crippen LogP contribution in [0.1, 0.15) is 78.6 Å². The van der Waals surface area contributed by atoms with E-state index in [4.69, 9.17) is 4.74 Å². The molecular weight excluding hydrogens is 234 g/mol. The Bertz CT molecular complexity index is 252. The van der Waals surface area contributed by atoms with Crippen molar-refractivity contribution < 1.29 is 4.74 Å². The average Bonchev–Trinajstić information content (AvgIpc) is 2.35. The van der Waals surface area contributed by atoms with E-state index in [1.165, 1.54) is 57.8 Å². The lowest BCUT2D eigenvalue weighted by molar-refractivity contribution is -0.141. The summed E-state index contributed by atoms with van der Waals surface area (Å²) in [7, 11) is 0. The van der Waals surface area contributed by atoms with Crippen LogP contribution in [0.5, 0.6) is 0 Å². The molecule has 0 aromatic heterocycles. The molecule has 2 aliphatic rings. The molecule has 0 aliphatic heterocycles. The van der Waals surface area contributed by atoms with E-state index in [2.05, 4.69) is 26.1 Å². The van der Waals surface area contributed by atoms with Crippen molar-refractivity contribution in [1.29, 1.82) is 0 Å². The molecule has 1 N–H and O–H groups in total.